The molecule has 8 heteroatoms. The van der Waals surface area contributed by atoms with Crippen molar-refractivity contribution in [1.82, 2.24) is 4.98 Å². The molecule has 29 heavy (non-hydrogen) atoms. The number of thioether (sulfide) groups is 1. The van der Waals surface area contributed by atoms with Gasteiger partial charge in [-0.15, -0.1) is 0 Å². The molecule has 1 saturated heterocycles. The lowest BCUT2D eigenvalue weighted by Crippen LogP contribution is -2.60. The second kappa shape index (κ2) is 7.25. The minimum absolute atomic E-state index is 0.0533. The number of fused-ring (bicyclic) bond motifs is 1. The third-order valence-corrected chi connectivity index (χ3v) is 6.65. The van der Waals surface area contributed by atoms with Crippen molar-refractivity contribution in [2.75, 3.05) is 31.4 Å². The normalized spacial score (nSPS) is 29.1. The van der Waals surface area contributed by atoms with E-state index in [-0.39, 0.29) is 35.6 Å². The van der Waals surface area contributed by atoms with E-state index in [1.807, 2.05) is 32.0 Å². The summed E-state index contributed by atoms with van der Waals surface area (Å²) in [7, 11) is 3.84. The summed E-state index contributed by atoms with van der Waals surface area (Å²) in [6.45, 7) is 1.77. The molecule has 2 aromatic rings. The monoisotopic (exact) mass is 418 g/mol. The Balaban J connectivity index is 1.87. The van der Waals surface area contributed by atoms with Crippen LogP contribution in [0.1, 0.15) is 18.9 Å². The summed E-state index contributed by atoms with van der Waals surface area (Å²) in [5.41, 5.74) is 5.35. The van der Waals surface area contributed by atoms with E-state index < -0.39 is 17.0 Å². The second-order valence-electron chi connectivity index (χ2n) is 7.91. The predicted octanol–water partition coefficient (Wildman–Crippen LogP) is 3.73. The molecular weight excluding hydrogens is 394 g/mol. The van der Waals surface area contributed by atoms with Gasteiger partial charge in [-0.05, 0) is 30.7 Å². The van der Waals surface area contributed by atoms with E-state index >= 15 is 8.78 Å². The van der Waals surface area contributed by atoms with Gasteiger partial charge in [0.15, 0.2) is 10.8 Å². The minimum atomic E-state index is -1.75. The topological polar surface area (TPSA) is 63.7 Å². The fourth-order valence-corrected chi connectivity index (χ4v) is 4.98. The van der Waals surface area contributed by atoms with Crippen LogP contribution in [0.15, 0.2) is 41.7 Å². The third kappa shape index (κ3) is 3.38. The van der Waals surface area contributed by atoms with Gasteiger partial charge >= 0.3 is 0 Å². The van der Waals surface area contributed by atoms with E-state index in [0.717, 1.165) is 16.8 Å². The van der Waals surface area contributed by atoms with Gasteiger partial charge in [-0.3, -0.25) is 4.98 Å². The molecule has 0 radical (unpaired) electrons. The molecule has 2 aliphatic rings. The molecule has 0 aliphatic carbocycles. The highest BCUT2D eigenvalue weighted by Gasteiger charge is 2.60. The molecule has 2 aliphatic heterocycles. The van der Waals surface area contributed by atoms with Crippen molar-refractivity contribution in [3.63, 3.8) is 0 Å². The lowest BCUT2D eigenvalue weighted by molar-refractivity contribution is -0.107. The molecule has 1 aromatic heterocycles. The van der Waals surface area contributed by atoms with Crippen LogP contribution in [0, 0.1) is 5.82 Å². The summed E-state index contributed by atoms with van der Waals surface area (Å²) in [4.78, 5) is 10.7. The quantitative estimate of drug-likeness (QED) is 0.823. The smallest absolute Gasteiger partial charge is 0.155 e. The Labute approximate surface area is 173 Å². The average molecular weight is 419 g/mol. The Morgan fingerprint density at radius 3 is 2.79 bits per heavy atom. The fourth-order valence-electron chi connectivity index (χ4n) is 4.03. The lowest BCUT2D eigenvalue weighted by atomic mass is 9.72. The molecule has 2 N–H and O–H groups in total. The molecule has 0 bridgehead atoms. The Kier molecular flexibility index (Phi) is 5.02. The van der Waals surface area contributed by atoms with E-state index in [1.54, 1.807) is 24.5 Å². The molecule has 5 nitrogen and oxygen atoms in total. The van der Waals surface area contributed by atoms with Gasteiger partial charge in [0.1, 0.15) is 11.4 Å². The highest BCUT2D eigenvalue weighted by molar-refractivity contribution is 8.13. The lowest BCUT2D eigenvalue weighted by Gasteiger charge is -2.49. The molecule has 1 aromatic carbocycles. The summed E-state index contributed by atoms with van der Waals surface area (Å²) >= 11 is 1.17. The SMILES string of the molecule is C[C@H]1C[C@@]2(F)CSC(N)=N[C@@]2(c2cc(-c3cncc(N(C)C)c3)ccc2F)CO1. The molecule has 3 heterocycles. The van der Waals surface area contributed by atoms with Crippen LogP contribution in [0.4, 0.5) is 14.5 Å². The van der Waals surface area contributed by atoms with Crippen LogP contribution in [0.25, 0.3) is 11.1 Å². The van der Waals surface area contributed by atoms with Crippen LogP contribution < -0.4 is 10.6 Å². The standard InChI is InChI=1S/C21H24F2N4OS/c1-13-8-20(23)12-29-19(24)26-21(20,11-28-13)17-7-14(4-5-18(17)22)15-6-16(27(2)3)10-25-9-15/h4-7,9-10,13H,8,11-12H2,1-3H3,(H2,24,26)/t13-,20+,21+/m0/s1. The summed E-state index contributed by atoms with van der Waals surface area (Å²) in [5, 5.41) is 0.248. The number of amidine groups is 1. The van der Waals surface area contributed by atoms with Crippen LogP contribution in [0.5, 0.6) is 0 Å². The van der Waals surface area contributed by atoms with Gasteiger partial charge in [-0.1, -0.05) is 17.8 Å². The zero-order valence-corrected chi connectivity index (χ0v) is 17.5. The first-order valence-electron chi connectivity index (χ1n) is 9.45. The molecule has 0 amide bonds. The van der Waals surface area contributed by atoms with Crippen molar-refractivity contribution < 1.29 is 13.5 Å². The Hall–Kier alpha value is -2.19. The first kappa shape index (κ1) is 20.1. The Morgan fingerprint density at radius 1 is 1.24 bits per heavy atom. The van der Waals surface area contributed by atoms with E-state index in [2.05, 4.69) is 9.98 Å². The third-order valence-electron chi connectivity index (χ3n) is 5.66. The van der Waals surface area contributed by atoms with Gasteiger partial charge < -0.3 is 15.4 Å². The number of ether oxygens (including phenoxy) is 1. The number of nitrogens with two attached hydrogens (primary N) is 1. The van der Waals surface area contributed by atoms with Crippen molar-refractivity contribution in [1.29, 1.82) is 0 Å². The van der Waals surface area contributed by atoms with Crippen molar-refractivity contribution >= 4 is 22.6 Å². The second-order valence-corrected chi connectivity index (χ2v) is 8.91. The molecule has 0 saturated carbocycles. The van der Waals surface area contributed by atoms with Gasteiger partial charge in [-0.25, -0.2) is 13.8 Å². The number of aliphatic imine (C=N–C) groups is 1. The van der Waals surface area contributed by atoms with Crippen LogP contribution in [-0.2, 0) is 10.3 Å². The molecule has 0 spiro atoms. The summed E-state index contributed by atoms with van der Waals surface area (Å²) < 4.78 is 37.1. The molecule has 0 unspecified atom stereocenters. The number of nitrogens with zero attached hydrogens (tertiary/aromatic N) is 3. The Morgan fingerprint density at radius 2 is 2.03 bits per heavy atom. The van der Waals surface area contributed by atoms with Crippen LogP contribution in [-0.4, -0.2) is 48.4 Å². The fraction of sp³-hybridized carbons (Fsp3) is 0.429. The number of pyridine rings is 1. The van der Waals surface area contributed by atoms with Crippen LogP contribution >= 0.6 is 11.8 Å². The highest BCUT2D eigenvalue weighted by atomic mass is 32.2. The zero-order chi connectivity index (χ0) is 20.8. The molecule has 1 fully saturated rings. The number of rotatable bonds is 3. The Bertz CT molecular complexity index is 969. The van der Waals surface area contributed by atoms with Gasteiger partial charge in [0.2, 0.25) is 0 Å². The number of halogens is 2. The number of hydrogen-bond acceptors (Lipinski definition) is 6. The van der Waals surface area contributed by atoms with Gasteiger partial charge in [0, 0.05) is 43.6 Å². The van der Waals surface area contributed by atoms with E-state index in [0.29, 0.717) is 0 Å². The molecule has 4 rings (SSSR count). The number of anilines is 1. The van der Waals surface area contributed by atoms with E-state index in [4.69, 9.17) is 10.5 Å². The van der Waals surface area contributed by atoms with Crippen molar-refractivity contribution in [2.45, 2.75) is 30.7 Å². The summed E-state index contributed by atoms with van der Waals surface area (Å²) in [6, 6.07) is 6.64. The van der Waals surface area contributed by atoms with Crippen molar-refractivity contribution in [3.8, 4) is 11.1 Å². The zero-order valence-electron chi connectivity index (χ0n) is 16.7. The maximum Gasteiger partial charge on any atom is 0.155 e. The van der Waals surface area contributed by atoms with Crippen LogP contribution in [0.3, 0.4) is 0 Å². The minimum Gasteiger partial charge on any atom is -0.379 e. The average Bonchev–Trinajstić information content (AvgIpc) is 2.69. The molecule has 154 valence electrons. The number of hydrogen-bond donors (Lipinski definition) is 1. The number of benzene rings is 1. The molecule has 3 atom stereocenters. The highest BCUT2D eigenvalue weighted by Crippen LogP contribution is 2.52. The van der Waals surface area contributed by atoms with E-state index in [1.165, 1.54) is 17.8 Å². The first-order valence-corrected chi connectivity index (χ1v) is 10.4. The summed E-state index contributed by atoms with van der Waals surface area (Å²) in [5.74, 6) is -0.397. The van der Waals surface area contributed by atoms with Crippen LogP contribution in [0.2, 0.25) is 0 Å². The van der Waals surface area contributed by atoms with Gasteiger partial charge in [0.05, 0.1) is 24.6 Å². The predicted molar refractivity (Wildman–Crippen MR) is 114 cm³/mol. The largest absolute Gasteiger partial charge is 0.379 e. The van der Waals surface area contributed by atoms with Crippen molar-refractivity contribution in [2.24, 2.45) is 10.7 Å². The van der Waals surface area contributed by atoms with Gasteiger partial charge in [-0.2, -0.15) is 0 Å². The maximum atomic E-state index is 16.2. The first-order chi connectivity index (χ1) is 13.7. The molecular formula is C21H24F2N4OS. The van der Waals surface area contributed by atoms with Crippen molar-refractivity contribution in [3.05, 3.63) is 48.0 Å². The maximum absolute atomic E-state index is 16.2. The van der Waals surface area contributed by atoms with E-state index in [9.17, 15) is 0 Å². The number of alkyl halides is 1. The van der Waals surface area contributed by atoms with Gasteiger partial charge in [0.25, 0.3) is 0 Å². The summed E-state index contributed by atoms with van der Waals surface area (Å²) in [6.07, 6.45) is 3.32. The number of aromatic nitrogens is 1.